The Kier molecular flexibility index (Phi) is 6.74. The lowest BCUT2D eigenvalue weighted by Gasteiger charge is -2.37. The van der Waals surface area contributed by atoms with E-state index in [4.69, 9.17) is 0 Å². The van der Waals surface area contributed by atoms with E-state index in [9.17, 15) is 9.90 Å². The first-order valence-corrected chi connectivity index (χ1v) is 8.08. The number of aliphatic hydroxyl groups excluding tert-OH is 1. The normalized spacial score (nSPS) is 20.9. The first-order chi connectivity index (χ1) is 8.08. The van der Waals surface area contributed by atoms with Gasteiger partial charge in [0.15, 0.2) is 0 Å². The van der Waals surface area contributed by atoms with Crippen molar-refractivity contribution in [2.75, 3.05) is 18.6 Å². The fourth-order valence-electron chi connectivity index (χ4n) is 2.04. The minimum Gasteiger partial charge on any atom is -0.469 e. The van der Waals surface area contributed by atoms with E-state index < -0.39 is 0 Å². The smallest absolute Gasteiger partial charge is 0.305 e. The SMILES string of the molecule is COC(=O)CCCC1(C[C@H](C)O)SCCCS1. The maximum atomic E-state index is 11.1. The molecule has 1 N–H and O–H groups in total. The highest BCUT2D eigenvalue weighted by Crippen LogP contribution is 2.48. The molecule has 1 aliphatic rings. The average Bonchev–Trinajstić information content (AvgIpc) is 2.29. The molecule has 0 unspecified atom stereocenters. The lowest BCUT2D eigenvalue weighted by atomic mass is 10.1. The molecule has 0 aromatic carbocycles. The maximum Gasteiger partial charge on any atom is 0.305 e. The van der Waals surface area contributed by atoms with Crippen LogP contribution in [-0.2, 0) is 9.53 Å². The monoisotopic (exact) mass is 278 g/mol. The molecule has 0 aromatic heterocycles. The van der Waals surface area contributed by atoms with Gasteiger partial charge < -0.3 is 9.84 Å². The zero-order valence-electron chi connectivity index (χ0n) is 10.6. The fourth-order valence-corrected chi connectivity index (χ4v) is 5.67. The largest absolute Gasteiger partial charge is 0.469 e. The topological polar surface area (TPSA) is 46.5 Å². The number of carbonyl (C=O) groups is 1. The highest BCUT2D eigenvalue weighted by Gasteiger charge is 2.34. The van der Waals surface area contributed by atoms with Gasteiger partial charge in [0.05, 0.1) is 17.3 Å². The highest BCUT2D eigenvalue weighted by atomic mass is 32.2. The molecule has 0 aliphatic carbocycles. The molecule has 0 aromatic rings. The number of methoxy groups -OCH3 is 1. The van der Waals surface area contributed by atoms with Crippen LogP contribution in [0.3, 0.4) is 0 Å². The predicted molar refractivity (Wildman–Crippen MR) is 74.4 cm³/mol. The minimum absolute atomic E-state index is 0.112. The number of ether oxygens (including phenoxy) is 1. The summed E-state index contributed by atoms with van der Waals surface area (Å²) in [5.74, 6) is 2.19. The second-order valence-corrected chi connectivity index (χ2v) is 7.66. The summed E-state index contributed by atoms with van der Waals surface area (Å²) in [5, 5.41) is 9.61. The lowest BCUT2D eigenvalue weighted by molar-refractivity contribution is -0.140. The lowest BCUT2D eigenvalue weighted by Crippen LogP contribution is -2.29. The average molecular weight is 278 g/mol. The zero-order valence-corrected chi connectivity index (χ0v) is 12.2. The van der Waals surface area contributed by atoms with Crippen LogP contribution in [0.2, 0.25) is 0 Å². The minimum atomic E-state index is -0.272. The molecule has 0 spiro atoms. The number of thioether (sulfide) groups is 2. The molecule has 5 heteroatoms. The van der Waals surface area contributed by atoms with Gasteiger partial charge in [0.1, 0.15) is 0 Å². The van der Waals surface area contributed by atoms with E-state index in [-0.39, 0.29) is 16.2 Å². The Morgan fingerprint density at radius 3 is 2.65 bits per heavy atom. The van der Waals surface area contributed by atoms with E-state index in [1.165, 1.54) is 13.5 Å². The summed E-state index contributed by atoms with van der Waals surface area (Å²) < 4.78 is 4.76. The van der Waals surface area contributed by atoms with Crippen molar-refractivity contribution >= 4 is 29.5 Å². The van der Waals surface area contributed by atoms with Crippen molar-refractivity contribution in [3.05, 3.63) is 0 Å². The van der Waals surface area contributed by atoms with Gasteiger partial charge in [-0.05, 0) is 44.1 Å². The third kappa shape index (κ3) is 5.53. The van der Waals surface area contributed by atoms with Gasteiger partial charge in [-0.3, -0.25) is 4.79 Å². The molecule has 1 saturated heterocycles. The van der Waals surface area contributed by atoms with E-state index >= 15 is 0 Å². The number of aliphatic hydroxyl groups is 1. The third-order valence-corrected chi connectivity index (χ3v) is 6.28. The van der Waals surface area contributed by atoms with Gasteiger partial charge in [-0.2, -0.15) is 0 Å². The maximum absolute atomic E-state index is 11.1. The summed E-state index contributed by atoms with van der Waals surface area (Å²) in [6, 6.07) is 0. The summed E-state index contributed by atoms with van der Waals surface area (Å²) in [5.41, 5.74) is 0. The second-order valence-electron chi connectivity index (χ2n) is 4.44. The van der Waals surface area contributed by atoms with Crippen molar-refractivity contribution < 1.29 is 14.6 Å². The quantitative estimate of drug-likeness (QED) is 0.757. The van der Waals surface area contributed by atoms with Crippen molar-refractivity contribution in [1.82, 2.24) is 0 Å². The van der Waals surface area contributed by atoms with E-state index in [1.807, 2.05) is 30.4 Å². The molecule has 0 radical (unpaired) electrons. The molecule has 0 saturated carbocycles. The van der Waals surface area contributed by atoms with Gasteiger partial charge in [0.2, 0.25) is 0 Å². The van der Waals surface area contributed by atoms with Crippen molar-refractivity contribution in [2.24, 2.45) is 0 Å². The van der Waals surface area contributed by atoms with Crippen molar-refractivity contribution in [1.29, 1.82) is 0 Å². The molecule has 0 amide bonds. The summed E-state index contributed by atoms with van der Waals surface area (Å²) in [7, 11) is 1.43. The molecule has 100 valence electrons. The van der Waals surface area contributed by atoms with Crippen LogP contribution in [-0.4, -0.2) is 39.9 Å². The fraction of sp³-hybridized carbons (Fsp3) is 0.917. The molecule has 1 heterocycles. The van der Waals surface area contributed by atoms with Gasteiger partial charge in [0, 0.05) is 6.42 Å². The van der Waals surface area contributed by atoms with Crippen LogP contribution in [0.1, 0.15) is 39.0 Å². The molecular formula is C12H22O3S2. The summed E-state index contributed by atoms with van der Waals surface area (Å²) >= 11 is 3.90. The first kappa shape index (κ1) is 15.2. The van der Waals surface area contributed by atoms with E-state index in [0.29, 0.717) is 6.42 Å². The Labute approximate surface area is 112 Å². The van der Waals surface area contributed by atoms with Crippen LogP contribution in [0.4, 0.5) is 0 Å². The molecular weight excluding hydrogens is 256 g/mol. The van der Waals surface area contributed by atoms with Crippen molar-refractivity contribution in [3.63, 3.8) is 0 Å². The van der Waals surface area contributed by atoms with Gasteiger partial charge >= 0.3 is 5.97 Å². The van der Waals surface area contributed by atoms with Gasteiger partial charge in [-0.15, -0.1) is 23.5 Å². The van der Waals surface area contributed by atoms with Crippen molar-refractivity contribution in [3.8, 4) is 0 Å². The predicted octanol–water partition coefficient (Wildman–Crippen LogP) is 2.67. The Balaban J connectivity index is 2.42. The van der Waals surface area contributed by atoms with Crippen LogP contribution in [0.5, 0.6) is 0 Å². The van der Waals surface area contributed by atoms with Crippen LogP contribution in [0, 0.1) is 0 Å². The Morgan fingerprint density at radius 2 is 2.12 bits per heavy atom. The van der Waals surface area contributed by atoms with Gasteiger partial charge in [-0.1, -0.05) is 0 Å². The van der Waals surface area contributed by atoms with Crippen molar-refractivity contribution in [2.45, 2.75) is 49.2 Å². The summed E-state index contributed by atoms with van der Waals surface area (Å²) in [4.78, 5) is 11.1. The summed E-state index contributed by atoms with van der Waals surface area (Å²) in [6.45, 7) is 1.85. The molecule has 1 fully saturated rings. The van der Waals surface area contributed by atoms with E-state index in [1.54, 1.807) is 0 Å². The second kappa shape index (κ2) is 7.54. The number of hydrogen-bond acceptors (Lipinski definition) is 5. The number of rotatable bonds is 6. The molecule has 3 nitrogen and oxygen atoms in total. The number of carbonyl (C=O) groups excluding carboxylic acids is 1. The number of esters is 1. The molecule has 0 bridgehead atoms. The Morgan fingerprint density at radius 1 is 1.47 bits per heavy atom. The van der Waals surface area contributed by atoms with Crippen LogP contribution < -0.4 is 0 Å². The van der Waals surface area contributed by atoms with Gasteiger partial charge in [0.25, 0.3) is 0 Å². The van der Waals surface area contributed by atoms with Crippen LogP contribution in [0.25, 0.3) is 0 Å². The van der Waals surface area contributed by atoms with Crippen LogP contribution >= 0.6 is 23.5 Å². The zero-order chi connectivity index (χ0) is 12.7. The Bertz CT molecular complexity index is 238. The molecule has 1 rings (SSSR count). The standard InChI is InChI=1S/C12H22O3S2/c1-10(13)9-12(16-7-4-8-17-12)6-3-5-11(14)15-2/h10,13H,3-9H2,1-2H3/t10-/m0/s1. The Hall–Kier alpha value is 0.130. The van der Waals surface area contributed by atoms with E-state index in [0.717, 1.165) is 30.8 Å². The number of hydrogen-bond donors (Lipinski definition) is 1. The molecule has 1 aliphatic heterocycles. The molecule has 1 atom stereocenters. The van der Waals surface area contributed by atoms with Gasteiger partial charge in [-0.25, -0.2) is 0 Å². The highest BCUT2D eigenvalue weighted by molar-refractivity contribution is 8.18. The summed E-state index contributed by atoms with van der Waals surface area (Å²) in [6.07, 6.45) is 4.09. The van der Waals surface area contributed by atoms with E-state index in [2.05, 4.69) is 4.74 Å². The third-order valence-electron chi connectivity index (χ3n) is 2.79. The first-order valence-electron chi connectivity index (χ1n) is 6.11. The van der Waals surface area contributed by atoms with Crippen LogP contribution in [0.15, 0.2) is 0 Å². The molecule has 17 heavy (non-hydrogen) atoms.